The number of hydrogen-bond acceptors (Lipinski definition) is 2. The largest absolute Gasteiger partial charge is 0.478 e. The summed E-state index contributed by atoms with van der Waals surface area (Å²) in [5.74, 6) is -0.906. The summed E-state index contributed by atoms with van der Waals surface area (Å²) in [5, 5.41) is 12.2. The molecular formula is C14H16N2O2. The van der Waals surface area contributed by atoms with E-state index in [1.807, 2.05) is 42.9 Å². The molecule has 18 heavy (non-hydrogen) atoms. The van der Waals surface area contributed by atoms with Crippen LogP contribution in [0, 0.1) is 6.92 Å². The molecule has 0 aliphatic rings. The number of aromatic nitrogens is 1. The number of nitrogens with zero attached hydrogens (tertiary/aromatic N) is 1. The first-order valence-corrected chi connectivity index (χ1v) is 5.76. The molecule has 0 fully saturated rings. The molecule has 2 N–H and O–H groups in total. The summed E-state index contributed by atoms with van der Waals surface area (Å²) < 4.78 is 2.03. The van der Waals surface area contributed by atoms with Crippen LogP contribution in [0.2, 0.25) is 0 Å². The van der Waals surface area contributed by atoms with Crippen molar-refractivity contribution >= 4 is 11.7 Å². The lowest BCUT2D eigenvalue weighted by molar-refractivity contribution is 0.0697. The van der Waals surface area contributed by atoms with Crippen LogP contribution in [0.25, 0.3) is 0 Å². The Morgan fingerprint density at radius 1 is 1.39 bits per heavy atom. The number of anilines is 1. The molecule has 0 aliphatic heterocycles. The molecule has 1 heterocycles. The highest BCUT2D eigenvalue weighted by Crippen LogP contribution is 2.18. The maximum Gasteiger partial charge on any atom is 0.335 e. The average molecular weight is 244 g/mol. The smallest absolute Gasteiger partial charge is 0.335 e. The molecular weight excluding hydrogens is 228 g/mol. The molecule has 0 saturated heterocycles. The number of aryl methyl sites for hydroxylation is 2. The molecule has 2 aromatic rings. The summed E-state index contributed by atoms with van der Waals surface area (Å²) in [7, 11) is 1.98. The molecule has 0 bridgehead atoms. The van der Waals surface area contributed by atoms with E-state index in [9.17, 15) is 4.79 Å². The highest BCUT2D eigenvalue weighted by Gasteiger charge is 2.06. The van der Waals surface area contributed by atoms with Crippen LogP contribution in [0.5, 0.6) is 0 Å². The Labute approximate surface area is 106 Å². The van der Waals surface area contributed by atoms with E-state index in [2.05, 4.69) is 5.32 Å². The van der Waals surface area contributed by atoms with Gasteiger partial charge in [-0.1, -0.05) is 6.07 Å². The Bertz CT molecular complexity index is 573. The van der Waals surface area contributed by atoms with E-state index < -0.39 is 5.97 Å². The Morgan fingerprint density at radius 3 is 2.78 bits per heavy atom. The van der Waals surface area contributed by atoms with Crippen molar-refractivity contribution < 1.29 is 9.90 Å². The SMILES string of the molecule is Cc1ccc(C(=O)O)cc1NCc1cccn1C. The minimum atomic E-state index is -0.906. The number of hydrogen-bond donors (Lipinski definition) is 2. The van der Waals surface area contributed by atoms with Crippen LogP contribution in [0.1, 0.15) is 21.6 Å². The molecule has 0 atom stereocenters. The molecule has 0 unspecified atom stereocenters. The van der Waals surface area contributed by atoms with E-state index >= 15 is 0 Å². The van der Waals surface area contributed by atoms with Gasteiger partial charge in [0.05, 0.1) is 12.1 Å². The summed E-state index contributed by atoms with van der Waals surface area (Å²) in [5.41, 5.74) is 3.34. The van der Waals surface area contributed by atoms with E-state index in [-0.39, 0.29) is 0 Å². The van der Waals surface area contributed by atoms with Crippen molar-refractivity contribution in [1.82, 2.24) is 4.57 Å². The molecule has 0 radical (unpaired) electrons. The van der Waals surface area contributed by atoms with Gasteiger partial charge in [-0.05, 0) is 36.8 Å². The van der Waals surface area contributed by atoms with Crippen LogP contribution in [-0.2, 0) is 13.6 Å². The zero-order valence-electron chi connectivity index (χ0n) is 10.5. The predicted octanol–water partition coefficient (Wildman–Crippen LogP) is 2.64. The number of nitrogens with one attached hydrogen (secondary N) is 1. The van der Waals surface area contributed by atoms with Gasteiger partial charge in [-0.2, -0.15) is 0 Å². The Morgan fingerprint density at radius 2 is 2.17 bits per heavy atom. The van der Waals surface area contributed by atoms with Gasteiger partial charge in [-0.25, -0.2) is 4.79 Å². The van der Waals surface area contributed by atoms with Gasteiger partial charge >= 0.3 is 5.97 Å². The lowest BCUT2D eigenvalue weighted by atomic mass is 10.1. The van der Waals surface area contributed by atoms with E-state index in [0.29, 0.717) is 12.1 Å². The third kappa shape index (κ3) is 2.53. The third-order valence-electron chi connectivity index (χ3n) is 3.00. The van der Waals surface area contributed by atoms with Gasteiger partial charge in [0.1, 0.15) is 0 Å². The quantitative estimate of drug-likeness (QED) is 0.869. The average Bonchev–Trinajstić information content (AvgIpc) is 2.73. The van der Waals surface area contributed by atoms with Gasteiger partial charge < -0.3 is 15.0 Å². The molecule has 0 aliphatic carbocycles. The molecule has 0 saturated carbocycles. The van der Waals surface area contributed by atoms with Crippen LogP contribution < -0.4 is 5.32 Å². The zero-order valence-corrected chi connectivity index (χ0v) is 10.5. The van der Waals surface area contributed by atoms with E-state index in [0.717, 1.165) is 16.9 Å². The molecule has 2 rings (SSSR count). The van der Waals surface area contributed by atoms with E-state index in [1.165, 1.54) is 0 Å². The van der Waals surface area contributed by atoms with Gasteiger partial charge in [0.2, 0.25) is 0 Å². The Hall–Kier alpha value is -2.23. The van der Waals surface area contributed by atoms with E-state index in [4.69, 9.17) is 5.11 Å². The summed E-state index contributed by atoms with van der Waals surface area (Å²) in [6.07, 6.45) is 1.98. The summed E-state index contributed by atoms with van der Waals surface area (Å²) in [4.78, 5) is 10.9. The lowest BCUT2D eigenvalue weighted by Crippen LogP contribution is -2.06. The van der Waals surface area contributed by atoms with Gasteiger partial charge in [0, 0.05) is 24.6 Å². The molecule has 0 spiro atoms. The lowest BCUT2D eigenvalue weighted by Gasteiger charge is -2.11. The van der Waals surface area contributed by atoms with Gasteiger partial charge in [-0.15, -0.1) is 0 Å². The molecule has 1 aromatic heterocycles. The van der Waals surface area contributed by atoms with Gasteiger partial charge in [-0.3, -0.25) is 0 Å². The van der Waals surface area contributed by atoms with Crippen molar-refractivity contribution in [3.05, 3.63) is 53.3 Å². The Kier molecular flexibility index (Phi) is 3.37. The second kappa shape index (κ2) is 4.96. The second-order valence-electron chi connectivity index (χ2n) is 4.30. The van der Waals surface area contributed by atoms with Crippen LogP contribution in [-0.4, -0.2) is 15.6 Å². The summed E-state index contributed by atoms with van der Waals surface area (Å²) in [6.45, 7) is 2.63. The minimum absolute atomic E-state index is 0.301. The highest BCUT2D eigenvalue weighted by molar-refractivity contribution is 5.89. The topological polar surface area (TPSA) is 54.3 Å². The standard InChI is InChI=1S/C14H16N2O2/c1-10-5-6-11(14(17)18)8-13(10)15-9-12-4-3-7-16(12)2/h3-8,15H,9H2,1-2H3,(H,17,18). The fourth-order valence-electron chi connectivity index (χ4n) is 1.81. The fraction of sp³-hybridized carbons (Fsp3) is 0.214. The zero-order chi connectivity index (χ0) is 13.1. The molecule has 0 amide bonds. The maximum absolute atomic E-state index is 10.9. The monoisotopic (exact) mass is 244 g/mol. The van der Waals surface area contributed by atoms with Crippen molar-refractivity contribution in [3.63, 3.8) is 0 Å². The third-order valence-corrected chi connectivity index (χ3v) is 3.00. The van der Waals surface area contributed by atoms with Crippen LogP contribution in [0.15, 0.2) is 36.5 Å². The molecule has 4 heteroatoms. The van der Waals surface area contributed by atoms with Crippen LogP contribution in [0.3, 0.4) is 0 Å². The minimum Gasteiger partial charge on any atom is -0.478 e. The first kappa shape index (κ1) is 12.2. The molecule has 4 nitrogen and oxygen atoms in total. The van der Waals surface area contributed by atoms with Crippen molar-refractivity contribution in [2.75, 3.05) is 5.32 Å². The summed E-state index contributed by atoms with van der Waals surface area (Å²) >= 11 is 0. The van der Waals surface area contributed by atoms with Gasteiger partial charge in [0.15, 0.2) is 0 Å². The fourth-order valence-corrected chi connectivity index (χ4v) is 1.81. The normalized spacial score (nSPS) is 10.3. The maximum atomic E-state index is 10.9. The number of carboxylic acids is 1. The number of carbonyl (C=O) groups is 1. The van der Waals surface area contributed by atoms with E-state index in [1.54, 1.807) is 12.1 Å². The first-order valence-electron chi connectivity index (χ1n) is 5.76. The number of rotatable bonds is 4. The van der Waals surface area contributed by atoms with Crippen molar-refractivity contribution in [2.45, 2.75) is 13.5 Å². The van der Waals surface area contributed by atoms with Crippen molar-refractivity contribution in [2.24, 2.45) is 7.05 Å². The van der Waals surface area contributed by atoms with Crippen molar-refractivity contribution in [3.8, 4) is 0 Å². The predicted molar refractivity (Wildman–Crippen MR) is 70.9 cm³/mol. The number of benzene rings is 1. The molecule has 94 valence electrons. The van der Waals surface area contributed by atoms with Crippen LogP contribution >= 0.6 is 0 Å². The molecule has 1 aromatic carbocycles. The number of aromatic carboxylic acids is 1. The van der Waals surface area contributed by atoms with Crippen molar-refractivity contribution in [1.29, 1.82) is 0 Å². The summed E-state index contributed by atoms with van der Waals surface area (Å²) in [6, 6.07) is 9.11. The highest BCUT2D eigenvalue weighted by atomic mass is 16.4. The first-order chi connectivity index (χ1) is 8.58. The Balaban J connectivity index is 2.16. The van der Waals surface area contributed by atoms with Gasteiger partial charge in [0.25, 0.3) is 0 Å². The van der Waals surface area contributed by atoms with Crippen LogP contribution in [0.4, 0.5) is 5.69 Å². The second-order valence-corrected chi connectivity index (χ2v) is 4.30. The number of carboxylic acid groups (broad SMARTS) is 1.